The molecule has 190 valence electrons. The van der Waals surface area contributed by atoms with Crippen molar-refractivity contribution in [3.63, 3.8) is 0 Å². The van der Waals surface area contributed by atoms with E-state index in [-0.39, 0.29) is 49.0 Å². The lowest BCUT2D eigenvalue weighted by Crippen LogP contribution is -2.63. The third-order valence-electron chi connectivity index (χ3n) is 5.91. The fourth-order valence-electron chi connectivity index (χ4n) is 3.99. The van der Waals surface area contributed by atoms with Gasteiger partial charge in [0.2, 0.25) is 5.91 Å². The van der Waals surface area contributed by atoms with Crippen LogP contribution in [0.15, 0.2) is 30.3 Å². The van der Waals surface area contributed by atoms with Crippen molar-refractivity contribution in [3.8, 4) is 5.75 Å². The first kappa shape index (κ1) is 26.2. The van der Waals surface area contributed by atoms with Crippen LogP contribution in [0.1, 0.15) is 74.5 Å². The number of carbonyl (C=O) groups is 3. The molecule has 3 rings (SSSR count). The van der Waals surface area contributed by atoms with E-state index >= 15 is 0 Å². The fourth-order valence-corrected chi connectivity index (χ4v) is 3.99. The summed E-state index contributed by atoms with van der Waals surface area (Å²) < 4.78 is 12.2. The van der Waals surface area contributed by atoms with Crippen molar-refractivity contribution in [2.75, 3.05) is 13.2 Å². The molecule has 9 heteroatoms. The highest BCUT2D eigenvalue weighted by atomic mass is 16.5. The standard InChI is InChI=1S/C26H36N4O5/c1-7-34-24(32)21-14-22-23(31)29(15-19-8-10-20(11-9-19)35-18(4)5)26(6,16-30(22)28-21)25(33)27-13-12-17(2)3/h8-11,14,17-18H,7,12-13,15-16H2,1-6H3,(H,27,33)/t26-/m0/s1. The van der Waals surface area contributed by atoms with E-state index in [0.29, 0.717) is 12.5 Å². The van der Waals surface area contributed by atoms with E-state index in [9.17, 15) is 14.4 Å². The van der Waals surface area contributed by atoms with Gasteiger partial charge in [-0.3, -0.25) is 14.3 Å². The van der Waals surface area contributed by atoms with Crippen molar-refractivity contribution in [1.29, 1.82) is 0 Å². The van der Waals surface area contributed by atoms with Gasteiger partial charge in [0.05, 0.1) is 19.3 Å². The van der Waals surface area contributed by atoms with Gasteiger partial charge in [-0.05, 0) is 57.7 Å². The molecule has 1 aromatic heterocycles. The first-order chi connectivity index (χ1) is 16.5. The van der Waals surface area contributed by atoms with Gasteiger partial charge in [-0.25, -0.2) is 4.79 Å². The van der Waals surface area contributed by atoms with E-state index in [1.807, 2.05) is 38.1 Å². The van der Waals surface area contributed by atoms with E-state index in [0.717, 1.165) is 17.7 Å². The van der Waals surface area contributed by atoms with Crippen molar-refractivity contribution in [3.05, 3.63) is 47.3 Å². The summed E-state index contributed by atoms with van der Waals surface area (Å²) in [7, 11) is 0. The van der Waals surface area contributed by atoms with Crippen LogP contribution in [-0.4, -0.2) is 57.3 Å². The molecule has 1 aromatic carbocycles. The zero-order valence-electron chi connectivity index (χ0n) is 21.5. The molecule has 0 aliphatic carbocycles. The summed E-state index contributed by atoms with van der Waals surface area (Å²) in [6, 6.07) is 8.92. The van der Waals surface area contributed by atoms with E-state index in [1.54, 1.807) is 18.7 Å². The molecule has 2 heterocycles. The van der Waals surface area contributed by atoms with Crippen LogP contribution in [0.4, 0.5) is 0 Å². The molecular formula is C26H36N4O5. The molecule has 9 nitrogen and oxygen atoms in total. The molecule has 0 bridgehead atoms. The first-order valence-corrected chi connectivity index (χ1v) is 12.2. The normalized spacial score (nSPS) is 17.5. The Morgan fingerprint density at radius 3 is 2.46 bits per heavy atom. The number of esters is 1. The molecule has 2 aromatic rings. The van der Waals surface area contributed by atoms with E-state index in [1.165, 1.54) is 10.7 Å². The second kappa shape index (κ2) is 10.9. The van der Waals surface area contributed by atoms with Crippen LogP contribution in [0, 0.1) is 5.92 Å². The van der Waals surface area contributed by atoms with Gasteiger partial charge in [0.25, 0.3) is 5.91 Å². The highest BCUT2D eigenvalue weighted by molar-refractivity contribution is 6.01. The molecule has 0 saturated heterocycles. The Hall–Kier alpha value is -3.36. The highest BCUT2D eigenvalue weighted by Gasteiger charge is 2.48. The molecule has 0 spiro atoms. The summed E-state index contributed by atoms with van der Waals surface area (Å²) >= 11 is 0. The Bertz CT molecular complexity index is 1060. The number of fused-ring (bicyclic) bond motifs is 1. The summed E-state index contributed by atoms with van der Waals surface area (Å²) in [5.41, 5.74) is -0.0455. The minimum Gasteiger partial charge on any atom is -0.491 e. The largest absolute Gasteiger partial charge is 0.491 e. The maximum absolute atomic E-state index is 13.6. The maximum Gasteiger partial charge on any atom is 0.358 e. The first-order valence-electron chi connectivity index (χ1n) is 12.2. The number of hydrogen-bond donors (Lipinski definition) is 1. The second-order valence-electron chi connectivity index (χ2n) is 9.71. The van der Waals surface area contributed by atoms with Gasteiger partial charge >= 0.3 is 5.97 Å². The van der Waals surface area contributed by atoms with Gasteiger partial charge in [-0.1, -0.05) is 26.0 Å². The van der Waals surface area contributed by atoms with Gasteiger partial charge in [0.15, 0.2) is 5.69 Å². The number of benzene rings is 1. The fraction of sp³-hybridized carbons (Fsp3) is 0.538. The van der Waals surface area contributed by atoms with Crippen LogP contribution in [0.2, 0.25) is 0 Å². The number of hydrogen-bond acceptors (Lipinski definition) is 6. The quantitative estimate of drug-likeness (QED) is 0.519. The maximum atomic E-state index is 13.6. The topological polar surface area (TPSA) is 103 Å². The molecule has 0 radical (unpaired) electrons. The molecule has 1 aliphatic rings. The molecule has 1 aliphatic heterocycles. The van der Waals surface area contributed by atoms with E-state index < -0.39 is 11.5 Å². The van der Waals surface area contributed by atoms with Crippen LogP contribution < -0.4 is 10.1 Å². The highest BCUT2D eigenvalue weighted by Crippen LogP contribution is 2.30. The summed E-state index contributed by atoms with van der Waals surface area (Å²) in [5.74, 6) is -0.0605. The number of ether oxygens (including phenoxy) is 2. The number of nitrogens with zero attached hydrogens (tertiary/aromatic N) is 3. The zero-order chi connectivity index (χ0) is 25.8. The Balaban J connectivity index is 1.93. The van der Waals surface area contributed by atoms with Crippen molar-refractivity contribution in [2.45, 2.75) is 72.7 Å². The summed E-state index contributed by atoms with van der Waals surface area (Å²) in [6.45, 7) is 12.6. The third kappa shape index (κ3) is 6.01. The number of amides is 2. The van der Waals surface area contributed by atoms with Gasteiger partial charge in [0.1, 0.15) is 17.0 Å². The number of carbonyl (C=O) groups excluding carboxylic acids is 3. The van der Waals surface area contributed by atoms with Crippen molar-refractivity contribution in [1.82, 2.24) is 20.0 Å². The van der Waals surface area contributed by atoms with Crippen LogP contribution in [0.25, 0.3) is 0 Å². The monoisotopic (exact) mass is 484 g/mol. The smallest absolute Gasteiger partial charge is 0.358 e. The summed E-state index contributed by atoms with van der Waals surface area (Å²) in [4.78, 5) is 40.8. The Labute approximate surface area is 206 Å². The summed E-state index contributed by atoms with van der Waals surface area (Å²) in [5, 5.41) is 7.27. The van der Waals surface area contributed by atoms with Crippen LogP contribution in [0.5, 0.6) is 5.75 Å². The van der Waals surface area contributed by atoms with Crippen LogP contribution in [0.3, 0.4) is 0 Å². The average molecular weight is 485 g/mol. The summed E-state index contributed by atoms with van der Waals surface area (Å²) in [6.07, 6.45) is 0.879. The van der Waals surface area contributed by atoms with Gasteiger partial charge < -0.3 is 19.7 Å². The van der Waals surface area contributed by atoms with E-state index in [4.69, 9.17) is 9.47 Å². The molecular weight excluding hydrogens is 448 g/mol. The van der Waals surface area contributed by atoms with Gasteiger partial charge in [0, 0.05) is 19.2 Å². The number of rotatable bonds is 10. The van der Waals surface area contributed by atoms with Crippen LogP contribution in [-0.2, 0) is 22.6 Å². The van der Waals surface area contributed by atoms with Gasteiger partial charge in [-0.2, -0.15) is 5.10 Å². The third-order valence-corrected chi connectivity index (χ3v) is 5.91. The lowest BCUT2D eigenvalue weighted by atomic mass is 9.94. The lowest BCUT2D eigenvalue weighted by molar-refractivity contribution is -0.133. The minimum atomic E-state index is -1.20. The Kier molecular flexibility index (Phi) is 8.19. The number of aromatic nitrogens is 2. The predicted molar refractivity (Wildman–Crippen MR) is 131 cm³/mol. The molecule has 35 heavy (non-hydrogen) atoms. The van der Waals surface area contributed by atoms with Crippen LogP contribution >= 0.6 is 0 Å². The van der Waals surface area contributed by atoms with E-state index in [2.05, 4.69) is 24.3 Å². The number of nitrogens with one attached hydrogen (secondary N) is 1. The lowest BCUT2D eigenvalue weighted by Gasteiger charge is -2.43. The van der Waals surface area contributed by atoms with Crippen molar-refractivity contribution in [2.24, 2.45) is 5.92 Å². The molecule has 2 amide bonds. The molecule has 1 atom stereocenters. The molecule has 0 saturated carbocycles. The molecule has 1 N–H and O–H groups in total. The van der Waals surface area contributed by atoms with Crippen molar-refractivity contribution < 1.29 is 23.9 Å². The molecule has 0 unspecified atom stereocenters. The Morgan fingerprint density at radius 2 is 1.86 bits per heavy atom. The minimum absolute atomic E-state index is 0.0507. The van der Waals surface area contributed by atoms with Crippen molar-refractivity contribution >= 4 is 17.8 Å². The second-order valence-corrected chi connectivity index (χ2v) is 9.71. The zero-order valence-corrected chi connectivity index (χ0v) is 21.5. The SMILES string of the molecule is CCOC(=O)c1cc2n(n1)C[C@@](C)(C(=O)NCCC(C)C)N(Cc1ccc(OC(C)C)cc1)C2=O. The average Bonchev–Trinajstić information content (AvgIpc) is 3.21. The van der Waals surface area contributed by atoms with Gasteiger partial charge in [-0.15, -0.1) is 0 Å². The Morgan fingerprint density at radius 1 is 1.17 bits per heavy atom. The predicted octanol–water partition coefficient (Wildman–Crippen LogP) is 3.42. The molecule has 0 fully saturated rings.